The van der Waals surface area contributed by atoms with E-state index >= 15 is 0 Å². The van der Waals surface area contributed by atoms with Crippen LogP contribution in [0.15, 0.2) is 41.6 Å². The van der Waals surface area contributed by atoms with Crippen molar-refractivity contribution in [2.24, 2.45) is 0 Å². The number of anilines is 1. The zero-order chi connectivity index (χ0) is 19.6. The summed E-state index contributed by atoms with van der Waals surface area (Å²) in [6, 6.07) is 9.14. The fraction of sp³-hybridized carbons (Fsp3) is 0.118. The van der Waals surface area contributed by atoms with E-state index in [9.17, 15) is 18.0 Å². The third kappa shape index (κ3) is 3.90. The number of aryl methyl sites for hydroxylation is 1. The number of nitrogens with zero attached hydrogens (tertiary/aromatic N) is 3. The highest BCUT2D eigenvalue weighted by molar-refractivity contribution is 7.99. The molecule has 0 bridgehead atoms. The van der Waals surface area contributed by atoms with Gasteiger partial charge in [-0.3, -0.25) is 4.79 Å². The summed E-state index contributed by atoms with van der Waals surface area (Å²) in [5.41, 5.74) is 1.31. The van der Waals surface area contributed by atoms with Gasteiger partial charge in [-0.15, -0.1) is 10.2 Å². The van der Waals surface area contributed by atoms with Gasteiger partial charge in [-0.25, -0.2) is 17.8 Å². The number of thioether (sulfide) groups is 1. The molecule has 10 heteroatoms. The van der Waals surface area contributed by atoms with Crippen molar-refractivity contribution in [1.29, 1.82) is 0 Å². The Balaban J connectivity index is 1.68. The molecule has 0 aliphatic carbocycles. The number of rotatable bonds is 5. The number of amides is 1. The van der Waals surface area contributed by atoms with Crippen LogP contribution < -0.4 is 11.2 Å². The first-order valence-corrected chi connectivity index (χ1v) is 8.69. The highest BCUT2D eigenvalue weighted by Crippen LogP contribution is 2.24. The number of aromatic nitrogens is 3. The lowest BCUT2D eigenvalue weighted by Crippen LogP contribution is -2.17. The minimum atomic E-state index is -1.65. The Kier molecular flexibility index (Phi) is 5.36. The summed E-state index contributed by atoms with van der Waals surface area (Å²) in [5, 5.41) is 10.4. The molecular formula is C17H14F3N5OS. The van der Waals surface area contributed by atoms with Crippen molar-refractivity contribution in [3.05, 3.63) is 59.4 Å². The summed E-state index contributed by atoms with van der Waals surface area (Å²) in [4.78, 5) is 12.0. The Labute approximate surface area is 156 Å². The van der Waals surface area contributed by atoms with E-state index in [1.165, 1.54) is 4.68 Å². The molecule has 1 amide bonds. The standard InChI is InChI=1S/C17H14F3N5OS/c1-9-4-2-3-5-10(9)16-23-24-17(25(16)21)27-8-13(26)22-12-7-6-11(18)14(19)15(12)20/h2-7H,8,21H2,1H3,(H,22,26). The third-order valence-corrected chi connectivity index (χ3v) is 4.64. The van der Waals surface area contributed by atoms with Crippen LogP contribution in [0, 0.1) is 24.4 Å². The predicted octanol–water partition coefficient (Wildman–Crippen LogP) is 3.12. The molecule has 0 radical (unpaired) electrons. The van der Waals surface area contributed by atoms with E-state index in [-0.39, 0.29) is 10.9 Å². The number of carbonyl (C=O) groups excluding carboxylic acids is 1. The molecule has 0 aliphatic heterocycles. The summed E-state index contributed by atoms with van der Waals surface area (Å²) in [5.74, 6) is 1.17. The van der Waals surface area contributed by atoms with Crippen LogP contribution >= 0.6 is 11.8 Å². The van der Waals surface area contributed by atoms with Crippen molar-refractivity contribution < 1.29 is 18.0 Å². The molecule has 1 aromatic heterocycles. The second-order valence-corrected chi connectivity index (χ2v) is 6.49. The fourth-order valence-electron chi connectivity index (χ4n) is 2.32. The number of carbonyl (C=O) groups is 1. The van der Waals surface area contributed by atoms with E-state index in [2.05, 4.69) is 15.5 Å². The monoisotopic (exact) mass is 393 g/mol. The molecule has 0 fully saturated rings. The summed E-state index contributed by atoms with van der Waals surface area (Å²) in [6.07, 6.45) is 0. The first-order valence-electron chi connectivity index (χ1n) is 7.71. The van der Waals surface area contributed by atoms with Gasteiger partial charge >= 0.3 is 0 Å². The maximum Gasteiger partial charge on any atom is 0.234 e. The van der Waals surface area contributed by atoms with Gasteiger partial charge < -0.3 is 11.2 Å². The van der Waals surface area contributed by atoms with Crippen molar-refractivity contribution >= 4 is 23.4 Å². The highest BCUT2D eigenvalue weighted by Gasteiger charge is 2.17. The number of nitrogen functional groups attached to an aromatic ring is 1. The first kappa shape index (κ1) is 18.8. The van der Waals surface area contributed by atoms with Gasteiger partial charge in [-0.05, 0) is 24.6 Å². The summed E-state index contributed by atoms with van der Waals surface area (Å²) >= 11 is 0.971. The van der Waals surface area contributed by atoms with E-state index < -0.39 is 29.0 Å². The molecule has 0 saturated carbocycles. The van der Waals surface area contributed by atoms with Gasteiger partial charge in [0.1, 0.15) is 0 Å². The second kappa shape index (κ2) is 7.70. The van der Waals surface area contributed by atoms with E-state index in [1.807, 2.05) is 31.2 Å². The molecular weight excluding hydrogens is 379 g/mol. The number of hydrogen-bond donors (Lipinski definition) is 2. The van der Waals surface area contributed by atoms with Crippen molar-refractivity contribution in [3.63, 3.8) is 0 Å². The van der Waals surface area contributed by atoms with Crippen molar-refractivity contribution in [3.8, 4) is 11.4 Å². The molecule has 1 heterocycles. The summed E-state index contributed by atoms with van der Waals surface area (Å²) in [7, 11) is 0. The topological polar surface area (TPSA) is 85.8 Å². The van der Waals surface area contributed by atoms with Crippen LogP contribution in [-0.2, 0) is 4.79 Å². The molecule has 3 rings (SSSR count). The van der Waals surface area contributed by atoms with Gasteiger partial charge in [0.15, 0.2) is 23.3 Å². The van der Waals surface area contributed by atoms with E-state index in [0.29, 0.717) is 5.82 Å². The van der Waals surface area contributed by atoms with Gasteiger partial charge in [0.25, 0.3) is 0 Å². The van der Waals surface area contributed by atoms with Crippen LogP contribution in [0.5, 0.6) is 0 Å². The maximum atomic E-state index is 13.6. The zero-order valence-corrected chi connectivity index (χ0v) is 14.9. The SMILES string of the molecule is Cc1ccccc1-c1nnc(SCC(=O)Nc2ccc(F)c(F)c2F)n1N. The molecule has 3 N–H and O–H groups in total. The minimum absolute atomic E-state index is 0.179. The second-order valence-electron chi connectivity index (χ2n) is 5.55. The first-order chi connectivity index (χ1) is 12.9. The largest absolute Gasteiger partial charge is 0.335 e. The number of hydrogen-bond acceptors (Lipinski definition) is 5. The van der Waals surface area contributed by atoms with E-state index in [0.717, 1.165) is 35.0 Å². The quantitative estimate of drug-likeness (QED) is 0.395. The minimum Gasteiger partial charge on any atom is -0.335 e. The number of benzene rings is 2. The van der Waals surface area contributed by atoms with Crippen LogP contribution in [0.2, 0.25) is 0 Å². The zero-order valence-electron chi connectivity index (χ0n) is 14.0. The van der Waals surface area contributed by atoms with Crippen molar-refractivity contribution in [1.82, 2.24) is 14.9 Å². The Bertz CT molecular complexity index is 1010. The molecule has 6 nitrogen and oxygen atoms in total. The lowest BCUT2D eigenvalue weighted by molar-refractivity contribution is -0.113. The van der Waals surface area contributed by atoms with E-state index in [4.69, 9.17) is 5.84 Å². The van der Waals surface area contributed by atoms with Crippen molar-refractivity contribution in [2.45, 2.75) is 12.1 Å². The van der Waals surface area contributed by atoms with Gasteiger partial charge in [0, 0.05) is 5.56 Å². The lowest BCUT2D eigenvalue weighted by atomic mass is 10.1. The van der Waals surface area contributed by atoms with Crippen molar-refractivity contribution in [2.75, 3.05) is 16.9 Å². The molecule has 27 heavy (non-hydrogen) atoms. The van der Waals surface area contributed by atoms with Crippen LogP contribution in [0.1, 0.15) is 5.56 Å². The Morgan fingerprint density at radius 1 is 1.15 bits per heavy atom. The van der Waals surface area contributed by atoms with Crippen LogP contribution in [-0.4, -0.2) is 26.5 Å². The van der Waals surface area contributed by atoms with Crippen LogP contribution in [0.4, 0.5) is 18.9 Å². The van der Waals surface area contributed by atoms with Crippen LogP contribution in [0.25, 0.3) is 11.4 Å². The Morgan fingerprint density at radius 3 is 2.63 bits per heavy atom. The molecule has 0 atom stereocenters. The molecule has 140 valence electrons. The van der Waals surface area contributed by atoms with Gasteiger partial charge in [-0.1, -0.05) is 36.0 Å². The molecule has 0 aliphatic rings. The van der Waals surface area contributed by atoms with Gasteiger partial charge in [0.2, 0.25) is 11.1 Å². The number of halogens is 3. The lowest BCUT2D eigenvalue weighted by Gasteiger charge is -2.08. The average Bonchev–Trinajstić information content (AvgIpc) is 3.01. The van der Waals surface area contributed by atoms with Gasteiger partial charge in [-0.2, -0.15) is 0 Å². The molecule has 3 aromatic rings. The summed E-state index contributed by atoms with van der Waals surface area (Å²) in [6.45, 7) is 1.90. The Hall–Kier alpha value is -3.01. The molecule has 0 unspecified atom stereocenters. The maximum absolute atomic E-state index is 13.6. The molecule has 0 saturated heterocycles. The average molecular weight is 393 g/mol. The molecule has 0 spiro atoms. The smallest absolute Gasteiger partial charge is 0.234 e. The molecule has 2 aromatic carbocycles. The Morgan fingerprint density at radius 2 is 1.89 bits per heavy atom. The summed E-state index contributed by atoms with van der Waals surface area (Å²) < 4.78 is 41.0. The fourth-order valence-corrected chi connectivity index (χ4v) is 2.98. The van der Waals surface area contributed by atoms with E-state index in [1.54, 1.807) is 0 Å². The third-order valence-electron chi connectivity index (χ3n) is 3.69. The normalized spacial score (nSPS) is 10.8. The number of nitrogens with two attached hydrogens (primary N) is 1. The number of nitrogens with one attached hydrogen (secondary N) is 1. The highest BCUT2D eigenvalue weighted by atomic mass is 32.2. The van der Waals surface area contributed by atoms with Gasteiger partial charge in [0.05, 0.1) is 11.4 Å². The predicted molar refractivity (Wildman–Crippen MR) is 96.0 cm³/mol. The van der Waals surface area contributed by atoms with Crippen LogP contribution in [0.3, 0.4) is 0 Å².